The summed E-state index contributed by atoms with van der Waals surface area (Å²) in [6.45, 7) is -3.73. The van der Waals surface area contributed by atoms with Crippen LogP contribution >= 0.6 is 6.72 Å². The van der Waals surface area contributed by atoms with Gasteiger partial charge in [0.1, 0.15) is 11.8 Å². The minimum absolute atomic E-state index is 0.183. The van der Waals surface area contributed by atoms with Crippen molar-refractivity contribution in [2.24, 2.45) is 5.73 Å². The van der Waals surface area contributed by atoms with Gasteiger partial charge in [0.15, 0.2) is 0 Å². The number of aliphatic carboxylic acids is 1. The highest BCUT2D eigenvalue weighted by Crippen LogP contribution is 2.37. The molecule has 1 aromatic rings. The fourth-order valence-electron chi connectivity index (χ4n) is 1.16. The van der Waals surface area contributed by atoms with Crippen molar-refractivity contribution in [1.29, 1.82) is 0 Å². The van der Waals surface area contributed by atoms with Crippen molar-refractivity contribution in [2.45, 2.75) is 12.5 Å². The molecule has 0 aromatic heterocycles. The molecule has 0 aliphatic rings. The normalized spacial score (nSPS) is 13.1. The Kier molecular flexibility index (Phi) is 4.62. The largest absolute Gasteiger partial charge is 0.480 e. The number of benzene rings is 1. The molecule has 1 aromatic carbocycles. The molecule has 0 fully saturated rings. The highest BCUT2D eigenvalue weighted by molar-refractivity contribution is 8.06. The Bertz CT molecular complexity index is 443. The summed E-state index contributed by atoms with van der Waals surface area (Å²) in [4.78, 5) is 28.4. The summed E-state index contributed by atoms with van der Waals surface area (Å²) >= 11 is 4.31. The van der Waals surface area contributed by atoms with Gasteiger partial charge in [0, 0.05) is 11.8 Å². The first kappa shape index (κ1) is 14.1. The Morgan fingerprint density at radius 1 is 1.41 bits per heavy atom. The number of nitrogens with two attached hydrogens (primary N) is 1. The fourth-order valence-corrected chi connectivity index (χ4v) is 1.82. The average molecular weight is 277 g/mol. The summed E-state index contributed by atoms with van der Waals surface area (Å²) in [7, 11) is 0. The van der Waals surface area contributed by atoms with Gasteiger partial charge in [0.2, 0.25) is 0 Å². The second-order valence-electron chi connectivity index (χ2n) is 3.37. The van der Waals surface area contributed by atoms with E-state index in [1.54, 1.807) is 12.1 Å². The zero-order valence-electron chi connectivity index (χ0n) is 8.68. The molecule has 1 atom stereocenters. The molecule has 0 heterocycles. The van der Waals surface area contributed by atoms with Crippen molar-refractivity contribution in [1.82, 2.24) is 0 Å². The summed E-state index contributed by atoms with van der Waals surface area (Å²) < 4.78 is 4.70. The molecule has 0 aliphatic heterocycles. The summed E-state index contributed by atoms with van der Waals surface area (Å²) in [5, 5.41) is 8.63. The van der Waals surface area contributed by atoms with Gasteiger partial charge in [-0.3, -0.25) is 4.79 Å². The van der Waals surface area contributed by atoms with E-state index in [1.165, 1.54) is 12.1 Å². The Balaban J connectivity index is 2.68. The standard InChI is InChI=1S/C9H12NO5PS/c10-8(9(11)12)5-6-1-3-7(4-2-6)15-16(13,14)17/h1-4,8H,5,10H2,(H,11,12)(H2,13,14,17)/t8-/m0/s1. The van der Waals surface area contributed by atoms with Crippen LogP contribution in [0.3, 0.4) is 0 Å². The lowest BCUT2D eigenvalue weighted by molar-refractivity contribution is -0.138. The van der Waals surface area contributed by atoms with Crippen molar-refractivity contribution in [3.05, 3.63) is 29.8 Å². The molecule has 17 heavy (non-hydrogen) atoms. The number of carboxylic acids is 1. The van der Waals surface area contributed by atoms with E-state index >= 15 is 0 Å². The molecule has 0 aliphatic carbocycles. The van der Waals surface area contributed by atoms with Crippen molar-refractivity contribution in [2.75, 3.05) is 0 Å². The Morgan fingerprint density at radius 2 is 1.94 bits per heavy atom. The van der Waals surface area contributed by atoms with Crippen LogP contribution in [0, 0.1) is 0 Å². The molecular formula is C9H12NO5PS. The second-order valence-corrected chi connectivity index (χ2v) is 5.97. The Labute approximate surface area is 103 Å². The molecule has 0 saturated heterocycles. The summed E-state index contributed by atoms with van der Waals surface area (Å²) in [5.74, 6) is -0.863. The molecule has 1 rings (SSSR count). The molecule has 0 saturated carbocycles. The van der Waals surface area contributed by atoms with Crippen LogP contribution in [-0.4, -0.2) is 26.9 Å². The van der Waals surface area contributed by atoms with Gasteiger partial charge in [0.05, 0.1) is 0 Å². The van der Waals surface area contributed by atoms with E-state index in [-0.39, 0.29) is 12.2 Å². The predicted molar refractivity (Wildman–Crippen MR) is 65.1 cm³/mol. The molecule has 0 amide bonds. The zero-order valence-corrected chi connectivity index (χ0v) is 10.4. The van der Waals surface area contributed by atoms with E-state index in [2.05, 4.69) is 11.8 Å². The van der Waals surface area contributed by atoms with Crippen molar-refractivity contribution in [3.63, 3.8) is 0 Å². The third-order valence-corrected chi connectivity index (χ3v) is 2.59. The quantitative estimate of drug-likeness (QED) is 0.570. The molecule has 0 spiro atoms. The molecule has 5 N–H and O–H groups in total. The molecule has 0 radical (unpaired) electrons. The van der Waals surface area contributed by atoms with Crippen molar-refractivity contribution in [3.8, 4) is 5.75 Å². The smallest absolute Gasteiger partial charge is 0.375 e. The number of hydrogen-bond acceptors (Lipinski definition) is 4. The van der Waals surface area contributed by atoms with Crippen LogP contribution in [0.1, 0.15) is 5.56 Å². The summed E-state index contributed by atoms with van der Waals surface area (Å²) in [6, 6.07) is 5.14. The third kappa shape index (κ3) is 5.25. The van der Waals surface area contributed by atoms with Crippen LogP contribution in [0.4, 0.5) is 0 Å². The minimum Gasteiger partial charge on any atom is -0.480 e. The monoisotopic (exact) mass is 277 g/mol. The highest BCUT2D eigenvalue weighted by Gasteiger charge is 2.13. The molecule has 0 unspecified atom stereocenters. The van der Waals surface area contributed by atoms with Crippen LogP contribution in [0.15, 0.2) is 24.3 Å². The predicted octanol–water partition coefficient (Wildman–Crippen LogP) is 0.229. The zero-order chi connectivity index (χ0) is 13.1. The first-order valence-electron chi connectivity index (χ1n) is 4.60. The van der Waals surface area contributed by atoms with Crippen LogP contribution in [0.25, 0.3) is 0 Å². The Hall–Kier alpha value is -0.980. The maximum absolute atomic E-state index is 10.5. The molecule has 8 heteroatoms. The Morgan fingerprint density at radius 3 is 2.35 bits per heavy atom. The highest BCUT2D eigenvalue weighted by atomic mass is 32.5. The van der Waals surface area contributed by atoms with E-state index in [0.29, 0.717) is 5.56 Å². The van der Waals surface area contributed by atoms with E-state index in [1.807, 2.05) is 0 Å². The SMILES string of the molecule is N[C@@H](Cc1ccc(OP(O)(O)=S)cc1)C(=O)O. The van der Waals surface area contributed by atoms with Crippen LogP contribution in [0.5, 0.6) is 5.75 Å². The third-order valence-electron chi connectivity index (χ3n) is 1.92. The van der Waals surface area contributed by atoms with Crippen LogP contribution in [0.2, 0.25) is 0 Å². The van der Waals surface area contributed by atoms with Crippen LogP contribution < -0.4 is 10.3 Å². The average Bonchev–Trinajstić information content (AvgIpc) is 2.18. The van der Waals surface area contributed by atoms with E-state index in [9.17, 15) is 4.79 Å². The van der Waals surface area contributed by atoms with Gasteiger partial charge in [-0.1, -0.05) is 12.1 Å². The summed E-state index contributed by atoms with van der Waals surface area (Å²) in [5.41, 5.74) is 6.07. The first-order chi connectivity index (χ1) is 7.78. The van der Waals surface area contributed by atoms with Gasteiger partial charge in [-0.15, -0.1) is 0 Å². The van der Waals surface area contributed by atoms with Gasteiger partial charge in [0.25, 0.3) is 0 Å². The first-order valence-corrected chi connectivity index (χ1v) is 7.23. The van der Waals surface area contributed by atoms with Gasteiger partial charge in [-0.25, -0.2) is 0 Å². The van der Waals surface area contributed by atoms with Crippen LogP contribution in [-0.2, 0) is 23.0 Å². The van der Waals surface area contributed by atoms with Crippen molar-refractivity contribution >= 4 is 24.5 Å². The molecule has 94 valence electrons. The molecular weight excluding hydrogens is 265 g/mol. The lowest BCUT2D eigenvalue weighted by atomic mass is 10.1. The van der Waals surface area contributed by atoms with E-state index in [0.717, 1.165) is 0 Å². The van der Waals surface area contributed by atoms with Gasteiger partial charge in [-0.2, -0.15) is 0 Å². The second kappa shape index (κ2) is 5.57. The maximum atomic E-state index is 10.5. The van der Waals surface area contributed by atoms with Gasteiger partial charge < -0.3 is 25.2 Å². The number of carboxylic acid groups (broad SMARTS) is 1. The lowest BCUT2D eigenvalue weighted by Gasteiger charge is -2.11. The van der Waals surface area contributed by atoms with Crippen molar-refractivity contribution < 1.29 is 24.2 Å². The topological polar surface area (TPSA) is 113 Å². The number of carbonyl (C=O) groups is 1. The van der Waals surface area contributed by atoms with Gasteiger partial charge in [-0.05, 0) is 24.1 Å². The summed E-state index contributed by atoms with van der Waals surface area (Å²) in [6.07, 6.45) is 0.183. The lowest BCUT2D eigenvalue weighted by Crippen LogP contribution is -2.32. The molecule has 0 bridgehead atoms. The maximum Gasteiger partial charge on any atom is 0.375 e. The molecule has 6 nitrogen and oxygen atoms in total. The fraction of sp³-hybridized carbons (Fsp3) is 0.222. The van der Waals surface area contributed by atoms with E-state index < -0.39 is 18.7 Å². The number of rotatable bonds is 5. The number of hydrogen-bond donors (Lipinski definition) is 4. The minimum atomic E-state index is -3.73. The van der Waals surface area contributed by atoms with E-state index in [4.69, 9.17) is 25.2 Å². The van der Waals surface area contributed by atoms with Gasteiger partial charge >= 0.3 is 12.7 Å².